The lowest BCUT2D eigenvalue weighted by Gasteiger charge is -2.14. The summed E-state index contributed by atoms with van der Waals surface area (Å²) in [7, 11) is 0. The molecule has 1 heterocycles. The van der Waals surface area contributed by atoms with Crippen molar-refractivity contribution in [1.29, 1.82) is 0 Å². The zero-order valence-electron chi connectivity index (χ0n) is 13.6. The number of carbonyl (C=O) groups excluding carboxylic acids is 1. The van der Waals surface area contributed by atoms with E-state index in [9.17, 15) is 14.3 Å². The number of nitrogens with one attached hydrogen (secondary N) is 1. The highest BCUT2D eigenvalue weighted by molar-refractivity contribution is 5.94. The predicted octanol–water partition coefficient (Wildman–Crippen LogP) is 2.18. The normalized spacial score (nSPS) is 12.0. The Morgan fingerprint density at radius 2 is 2.12 bits per heavy atom. The molecule has 0 spiro atoms. The zero-order valence-corrected chi connectivity index (χ0v) is 13.6. The largest absolute Gasteiger partial charge is 0.387 e. The molecule has 1 unspecified atom stereocenters. The molecular formula is C18H17FN4O2. The number of aliphatic hydroxyl groups is 1. The van der Waals surface area contributed by atoms with Crippen molar-refractivity contribution in [3.8, 4) is 5.69 Å². The van der Waals surface area contributed by atoms with Gasteiger partial charge in [-0.15, -0.1) is 0 Å². The fourth-order valence-electron chi connectivity index (χ4n) is 2.53. The Morgan fingerprint density at radius 3 is 2.80 bits per heavy atom. The average Bonchev–Trinajstić information content (AvgIpc) is 3.14. The molecule has 0 saturated heterocycles. The molecule has 0 aliphatic rings. The highest BCUT2D eigenvalue weighted by Crippen LogP contribution is 2.17. The van der Waals surface area contributed by atoms with Crippen molar-refractivity contribution in [2.24, 2.45) is 0 Å². The van der Waals surface area contributed by atoms with E-state index >= 15 is 0 Å². The monoisotopic (exact) mass is 340 g/mol. The second-order valence-electron chi connectivity index (χ2n) is 5.59. The quantitative estimate of drug-likeness (QED) is 0.746. The topological polar surface area (TPSA) is 80.0 Å². The van der Waals surface area contributed by atoms with E-state index in [4.69, 9.17) is 0 Å². The van der Waals surface area contributed by atoms with Crippen LogP contribution in [0, 0.1) is 12.7 Å². The van der Waals surface area contributed by atoms with Crippen molar-refractivity contribution < 1.29 is 14.3 Å². The second kappa shape index (κ2) is 7.23. The van der Waals surface area contributed by atoms with Gasteiger partial charge >= 0.3 is 0 Å². The molecule has 1 aromatic heterocycles. The van der Waals surface area contributed by atoms with Crippen LogP contribution in [0.1, 0.15) is 27.6 Å². The number of halogens is 1. The summed E-state index contributed by atoms with van der Waals surface area (Å²) in [5.41, 5.74) is 2.05. The fraction of sp³-hybridized carbons (Fsp3) is 0.167. The molecule has 0 saturated carbocycles. The Labute approximate surface area is 144 Å². The number of hydrogen-bond acceptors (Lipinski definition) is 4. The molecule has 0 radical (unpaired) electrons. The molecule has 25 heavy (non-hydrogen) atoms. The zero-order chi connectivity index (χ0) is 17.8. The lowest BCUT2D eigenvalue weighted by atomic mass is 10.0. The Morgan fingerprint density at radius 1 is 1.32 bits per heavy atom. The van der Waals surface area contributed by atoms with Crippen molar-refractivity contribution in [3.63, 3.8) is 0 Å². The lowest BCUT2D eigenvalue weighted by molar-refractivity contribution is 0.0915. The molecule has 1 atom stereocenters. The molecule has 128 valence electrons. The van der Waals surface area contributed by atoms with E-state index in [0.717, 1.165) is 17.2 Å². The molecule has 3 aromatic rings. The lowest BCUT2D eigenvalue weighted by Crippen LogP contribution is -2.28. The summed E-state index contributed by atoms with van der Waals surface area (Å²) < 4.78 is 15.4. The van der Waals surface area contributed by atoms with Crippen LogP contribution >= 0.6 is 0 Å². The van der Waals surface area contributed by atoms with Crippen molar-refractivity contribution >= 4 is 5.91 Å². The van der Waals surface area contributed by atoms with Gasteiger partial charge in [0, 0.05) is 12.1 Å². The number of amides is 1. The molecule has 0 aliphatic carbocycles. The number of nitrogens with zero attached hydrogens (tertiary/aromatic N) is 3. The van der Waals surface area contributed by atoms with Crippen LogP contribution in [0.3, 0.4) is 0 Å². The van der Waals surface area contributed by atoms with E-state index in [1.807, 2.05) is 25.1 Å². The maximum Gasteiger partial charge on any atom is 0.251 e. The first kappa shape index (κ1) is 16.8. The second-order valence-corrected chi connectivity index (χ2v) is 5.59. The minimum Gasteiger partial charge on any atom is -0.387 e. The highest BCUT2D eigenvalue weighted by Gasteiger charge is 2.14. The van der Waals surface area contributed by atoms with Gasteiger partial charge in [0.25, 0.3) is 5.91 Å². The molecule has 6 nitrogen and oxygen atoms in total. The van der Waals surface area contributed by atoms with Crippen LogP contribution in [-0.2, 0) is 0 Å². The number of aliphatic hydroxyl groups excluding tert-OH is 1. The van der Waals surface area contributed by atoms with Crippen LogP contribution in [0.2, 0.25) is 0 Å². The SMILES string of the molecule is Cc1ccccc1C(O)CNC(=O)c1ccc(-n2cncn2)c(F)c1. The van der Waals surface area contributed by atoms with Crippen LogP contribution in [0.25, 0.3) is 5.69 Å². The Hall–Kier alpha value is -3.06. The Bertz CT molecular complexity index is 881. The third-order valence-corrected chi connectivity index (χ3v) is 3.88. The van der Waals surface area contributed by atoms with E-state index in [-0.39, 0.29) is 17.8 Å². The van der Waals surface area contributed by atoms with Gasteiger partial charge in [-0.3, -0.25) is 4.79 Å². The summed E-state index contributed by atoms with van der Waals surface area (Å²) in [5, 5.41) is 16.7. The van der Waals surface area contributed by atoms with Crippen molar-refractivity contribution in [2.45, 2.75) is 13.0 Å². The molecule has 2 N–H and O–H groups in total. The number of hydrogen-bond donors (Lipinski definition) is 2. The summed E-state index contributed by atoms with van der Waals surface area (Å²) in [6, 6.07) is 11.5. The van der Waals surface area contributed by atoms with Crippen LogP contribution in [0.5, 0.6) is 0 Å². The minimum atomic E-state index is -0.829. The van der Waals surface area contributed by atoms with Gasteiger partial charge in [-0.2, -0.15) is 5.10 Å². The van der Waals surface area contributed by atoms with Gasteiger partial charge in [0.05, 0.1) is 6.10 Å². The molecule has 3 rings (SSSR count). The highest BCUT2D eigenvalue weighted by atomic mass is 19.1. The van der Waals surface area contributed by atoms with E-state index in [2.05, 4.69) is 15.4 Å². The number of rotatable bonds is 5. The number of aromatic nitrogens is 3. The van der Waals surface area contributed by atoms with E-state index in [1.165, 1.54) is 29.5 Å². The van der Waals surface area contributed by atoms with E-state index in [0.29, 0.717) is 0 Å². The third-order valence-electron chi connectivity index (χ3n) is 3.88. The Kier molecular flexibility index (Phi) is 4.85. The van der Waals surface area contributed by atoms with Crippen LogP contribution in [0.15, 0.2) is 55.1 Å². The first-order valence-corrected chi connectivity index (χ1v) is 7.72. The first-order valence-electron chi connectivity index (χ1n) is 7.72. The molecular weight excluding hydrogens is 323 g/mol. The molecule has 0 aliphatic heterocycles. The summed E-state index contributed by atoms with van der Waals surface area (Å²) in [5.74, 6) is -1.05. The smallest absolute Gasteiger partial charge is 0.251 e. The van der Waals surface area contributed by atoms with Crippen molar-refractivity contribution in [1.82, 2.24) is 20.1 Å². The van der Waals surface area contributed by atoms with E-state index < -0.39 is 17.8 Å². The van der Waals surface area contributed by atoms with Crippen LogP contribution in [0.4, 0.5) is 4.39 Å². The maximum atomic E-state index is 14.2. The van der Waals surface area contributed by atoms with Gasteiger partial charge in [0.2, 0.25) is 0 Å². The van der Waals surface area contributed by atoms with Crippen LogP contribution < -0.4 is 5.32 Å². The van der Waals surface area contributed by atoms with Gasteiger partial charge in [-0.05, 0) is 36.2 Å². The predicted molar refractivity (Wildman–Crippen MR) is 89.8 cm³/mol. The Balaban J connectivity index is 1.67. The number of carbonyl (C=O) groups is 1. The third kappa shape index (κ3) is 3.72. The van der Waals surface area contributed by atoms with Gasteiger partial charge < -0.3 is 10.4 Å². The molecule has 1 amide bonds. The first-order chi connectivity index (χ1) is 12.1. The van der Waals surface area contributed by atoms with Crippen LogP contribution in [-0.4, -0.2) is 32.3 Å². The average molecular weight is 340 g/mol. The molecule has 0 bridgehead atoms. The van der Waals surface area contributed by atoms with Gasteiger partial charge in [-0.25, -0.2) is 14.1 Å². The van der Waals surface area contributed by atoms with Gasteiger partial charge in [0.15, 0.2) is 0 Å². The summed E-state index contributed by atoms with van der Waals surface area (Å²) in [6.07, 6.45) is 1.84. The molecule has 7 heteroatoms. The summed E-state index contributed by atoms with van der Waals surface area (Å²) in [6.45, 7) is 1.93. The number of benzene rings is 2. The van der Waals surface area contributed by atoms with Crippen molar-refractivity contribution in [2.75, 3.05) is 6.54 Å². The molecule has 2 aromatic carbocycles. The van der Waals surface area contributed by atoms with Gasteiger partial charge in [-0.1, -0.05) is 24.3 Å². The maximum absolute atomic E-state index is 14.2. The molecule has 0 fully saturated rings. The summed E-state index contributed by atoms with van der Waals surface area (Å²) >= 11 is 0. The number of aryl methyl sites for hydroxylation is 1. The van der Waals surface area contributed by atoms with E-state index in [1.54, 1.807) is 6.07 Å². The van der Waals surface area contributed by atoms with Crippen molar-refractivity contribution in [3.05, 3.63) is 77.6 Å². The fourth-order valence-corrected chi connectivity index (χ4v) is 2.53. The van der Waals surface area contributed by atoms with Gasteiger partial charge in [0.1, 0.15) is 24.2 Å². The minimum absolute atomic E-state index is 0.0378. The summed E-state index contributed by atoms with van der Waals surface area (Å²) in [4.78, 5) is 16.0. The standard InChI is InChI=1S/C18H17FN4O2/c1-12-4-2-3-5-14(12)17(24)9-21-18(25)13-6-7-16(15(19)8-13)23-11-20-10-22-23/h2-8,10-11,17,24H,9H2,1H3,(H,21,25).